The predicted octanol–water partition coefficient (Wildman–Crippen LogP) is 2.80. The van der Waals surface area contributed by atoms with Gasteiger partial charge in [-0.3, -0.25) is 14.4 Å². The van der Waals surface area contributed by atoms with Gasteiger partial charge >= 0.3 is 0 Å². The number of hydrogen-bond donors (Lipinski definition) is 1. The molecule has 3 amide bonds. The number of thiazole rings is 1. The Morgan fingerprint density at radius 3 is 2.59 bits per heavy atom. The molecule has 3 rings (SSSR count). The molecule has 0 saturated carbocycles. The number of amides is 3. The van der Waals surface area contributed by atoms with E-state index >= 15 is 0 Å². The van der Waals surface area contributed by atoms with Crippen LogP contribution in [0.2, 0.25) is 5.02 Å². The minimum absolute atomic E-state index is 0.115. The van der Waals surface area contributed by atoms with Crippen LogP contribution in [0, 0.1) is 12.8 Å². The van der Waals surface area contributed by atoms with E-state index in [1.807, 2.05) is 0 Å². The van der Waals surface area contributed by atoms with Crippen LogP contribution in [0.3, 0.4) is 0 Å². The van der Waals surface area contributed by atoms with Gasteiger partial charge in [-0.25, -0.2) is 4.98 Å². The fourth-order valence-corrected chi connectivity index (χ4v) is 3.93. The lowest BCUT2D eigenvalue weighted by atomic mass is 10.1. The summed E-state index contributed by atoms with van der Waals surface area (Å²) in [4.78, 5) is 44.8. The minimum atomic E-state index is -0.481. The van der Waals surface area contributed by atoms with E-state index < -0.39 is 5.92 Å². The van der Waals surface area contributed by atoms with Gasteiger partial charge in [-0.15, -0.1) is 0 Å². The van der Waals surface area contributed by atoms with E-state index in [9.17, 15) is 14.4 Å². The number of anilines is 2. The average molecular weight is 407 g/mol. The quantitative estimate of drug-likeness (QED) is 0.846. The van der Waals surface area contributed by atoms with Gasteiger partial charge in [0.05, 0.1) is 11.6 Å². The van der Waals surface area contributed by atoms with E-state index in [0.29, 0.717) is 33.0 Å². The van der Waals surface area contributed by atoms with Crippen LogP contribution in [-0.4, -0.2) is 48.2 Å². The second-order valence-corrected chi connectivity index (χ2v) is 7.94. The van der Waals surface area contributed by atoms with Crippen LogP contribution >= 0.6 is 22.9 Å². The van der Waals surface area contributed by atoms with Crippen LogP contribution in [-0.2, 0) is 9.59 Å². The van der Waals surface area contributed by atoms with Gasteiger partial charge in [0.1, 0.15) is 4.88 Å². The molecule has 1 N–H and O–H groups in total. The van der Waals surface area contributed by atoms with Crippen molar-refractivity contribution in [2.75, 3.05) is 30.9 Å². The average Bonchev–Trinajstić information content (AvgIpc) is 3.17. The first kappa shape index (κ1) is 19.3. The Balaban J connectivity index is 1.69. The van der Waals surface area contributed by atoms with Gasteiger partial charge in [-0.2, -0.15) is 0 Å². The number of rotatable bonds is 4. The highest BCUT2D eigenvalue weighted by atomic mass is 35.5. The first-order chi connectivity index (χ1) is 12.8. The van der Waals surface area contributed by atoms with Crippen molar-refractivity contribution in [2.45, 2.75) is 13.3 Å². The van der Waals surface area contributed by atoms with E-state index in [0.717, 1.165) is 11.3 Å². The summed E-state index contributed by atoms with van der Waals surface area (Å²) >= 11 is 7.02. The smallest absolute Gasteiger partial charge is 0.265 e. The van der Waals surface area contributed by atoms with Crippen LogP contribution < -0.4 is 10.2 Å². The standard InChI is InChI=1S/C18H19ClN4O3S/c1-10-15(17(26)22(2)3)27-18(20-10)21-16(25)11-8-14(24)23(9-11)13-6-4-12(19)5-7-13/h4-7,11H,8-9H2,1-3H3,(H,20,21,25). The summed E-state index contributed by atoms with van der Waals surface area (Å²) in [5, 5.41) is 3.68. The molecule has 27 heavy (non-hydrogen) atoms. The molecule has 0 aliphatic carbocycles. The van der Waals surface area contributed by atoms with Crippen molar-refractivity contribution in [2.24, 2.45) is 5.92 Å². The lowest BCUT2D eigenvalue weighted by Crippen LogP contribution is -2.28. The Morgan fingerprint density at radius 2 is 1.96 bits per heavy atom. The SMILES string of the molecule is Cc1nc(NC(=O)C2CC(=O)N(c3ccc(Cl)cc3)C2)sc1C(=O)N(C)C. The molecule has 2 heterocycles. The lowest BCUT2D eigenvalue weighted by Gasteiger charge is -2.16. The zero-order chi connectivity index (χ0) is 19.7. The Labute approximate surface area is 165 Å². The van der Waals surface area contributed by atoms with Crippen LogP contribution in [0.25, 0.3) is 0 Å². The van der Waals surface area contributed by atoms with Crippen LogP contribution in [0.5, 0.6) is 0 Å². The summed E-state index contributed by atoms with van der Waals surface area (Å²) in [5.41, 5.74) is 1.28. The number of hydrogen-bond acceptors (Lipinski definition) is 5. The molecular weight excluding hydrogens is 388 g/mol. The Kier molecular flexibility index (Phi) is 5.48. The van der Waals surface area contributed by atoms with E-state index in [1.54, 1.807) is 50.2 Å². The molecule has 1 aromatic carbocycles. The fourth-order valence-electron chi connectivity index (χ4n) is 2.81. The highest BCUT2D eigenvalue weighted by Gasteiger charge is 2.35. The zero-order valence-electron chi connectivity index (χ0n) is 15.2. The van der Waals surface area contributed by atoms with Crippen molar-refractivity contribution in [3.05, 3.63) is 39.9 Å². The third-order valence-corrected chi connectivity index (χ3v) is 5.57. The monoisotopic (exact) mass is 406 g/mol. The van der Waals surface area contributed by atoms with Gasteiger partial charge < -0.3 is 15.1 Å². The third-order valence-electron chi connectivity index (χ3n) is 4.26. The van der Waals surface area contributed by atoms with E-state index in [-0.39, 0.29) is 24.1 Å². The number of carbonyl (C=O) groups is 3. The van der Waals surface area contributed by atoms with Crippen LogP contribution in [0.4, 0.5) is 10.8 Å². The summed E-state index contributed by atoms with van der Waals surface area (Å²) in [6.07, 6.45) is 0.127. The van der Waals surface area contributed by atoms with Crippen LogP contribution in [0.1, 0.15) is 21.8 Å². The Morgan fingerprint density at radius 1 is 1.30 bits per heavy atom. The molecule has 7 nitrogen and oxygen atoms in total. The molecule has 1 unspecified atom stereocenters. The van der Waals surface area contributed by atoms with Crippen molar-refractivity contribution in [3.8, 4) is 0 Å². The molecule has 1 saturated heterocycles. The normalized spacial score (nSPS) is 16.5. The highest BCUT2D eigenvalue weighted by Crippen LogP contribution is 2.28. The van der Waals surface area contributed by atoms with Crippen molar-refractivity contribution < 1.29 is 14.4 Å². The molecule has 1 aromatic heterocycles. The van der Waals surface area contributed by atoms with E-state index in [2.05, 4.69) is 10.3 Å². The second kappa shape index (κ2) is 7.66. The summed E-state index contributed by atoms with van der Waals surface area (Å²) in [6, 6.07) is 6.92. The molecule has 0 bridgehead atoms. The van der Waals surface area contributed by atoms with Crippen molar-refractivity contribution in [3.63, 3.8) is 0 Å². The predicted molar refractivity (Wildman–Crippen MR) is 105 cm³/mol. The first-order valence-corrected chi connectivity index (χ1v) is 9.51. The van der Waals surface area contributed by atoms with Gasteiger partial charge in [0.15, 0.2) is 5.13 Å². The van der Waals surface area contributed by atoms with Gasteiger partial charge in [-0.1, -0.05) is 22.9 Å². The molecule has 0 radical (unpaired) electrons. The lowest BCUT2D eigenvalue weighted by molar-refractivity contribution is -0.122. The number of benzene rings is 1. The molecule has 142 valence electrons. The number of nitrogens with zero attached hydrogens (tertiary/aromatic N) is 3. The van der Waals surface area contributed by atoms with Gasteiger partial charge in [0, 0.05) is 37.8 Å². The number of aromatic nitrogens is 1. The van der Waals surface area contributed by atoms with Crippen molar-refractivity contribution in [1.82, 2.24) is 9.88 Å². The molecule has 0 spiro atoms. The number of halogens is 1. The molecule has 1 aliphatic rings. The summed E-state index contributed by atoms with van der Waals surface area (Å²) in [5.74, 6) is -1.03. The molecule has 1 aliphatic heterocycles. The maximum absolute atomic E-state index is 12.6. The van der Waals surface area contributed by atoms with Gasteiger partial charge in [-0.05, 0) is 31.2 Å². The Bertz CT molecular complexity index is 895. The Hall–Kier alpha value is -2.45. The molecule has 1 fully saturated rings. The largest absolute Gasteiger partial charge is 0.344 e. The number of nitrogens with one attached hydrogen (secondary N) is 1. The third kappa shape index (κ3) is 4.12. The topological polar surface area (TPSA) is 82.6 Å². The maximum atomic E-state index is 12.6. The molecule has 1 atom stereocenters. The molecule has 9 heteroatoms. The van der Waals surface area contributed by atoms with Crippen molar-refractivity contribution in [1.29, 1.82) is 0 Å². The molecular formula is C18H19ClN4O3S. The van der Waals surface area contributed by atoms with E-state index in [4.69, 9.17) is 11.6 Å². The number of carbonyl (C=O) groups excluding carboxylic acids is 3. The van der Waals surface area contributed by atoms with E-state index in [1.165, 1.54) is 4.90 Å². The first-order valence-electron chi connectivity index (χ1n) is 8.32. The van der Waals surface area contributed by atoms with Gasteiger partial charge in [0.2, 0.25) is 11.8 Å². The second-order valence-electron chi connectivity index (χ2n) is 6.50. The zero-order valence-corrected chi connectivity index (χ0v) is 16.7. The summed E-state index contributed by atoms with van der Waals surface area (Å²) in [7, 11) is 3.32. The highest BCUT2D eigenvalue weighted by molar-refractivity contribution is 7.17. The molecule has 2 aromatic rings. The fraction of sp³-hybridized carbons (Fsp3) is 0.333. The van der Waals surface area contributed by atoms with Crippen molar-refractivity contribution >= 4 is 51.5 Å². The maximum Gasteiger partial charge on any atom is 0.265 e. The minimum Gasteiger partial charge on any atom is -0.344 e. The summed E-state index contributed by atoms with van der Waals surface area (Å²) < 4.78 is 0. The number of aryl methyl sites for hydroxylation is 1. The van der Waals surface area contributed by atoms with Gasteiger partial charge in [0.25, 0.3) is 5.91 Å². The van der Waals surface area contributed by atoms with Crippen LogP contribution in [0.15, 0.2) is 24.3 Å². The summed E-state index contributed by atoms with van der Waals surface area (Å²) in [6.45, 7) is 2.02.